The SMILES string of the molecule is O=C(O)c1cccc(CNCC2CC3CCC2C3)c1. The van der Waals surface area contributed by atoms with Crippen LogP contribution in [-0.4, -0.2) is 17.6 Å². The molecule has 2 aliphatic carbocycles. The Labute approximate surface area is 114 Å². The summed E-state index contributed by atoms with van der Waals surface area (Å²) in [4.78, 5) is 10.9. The molecule has 0 aromatic heterocycles. The van der Waals surface area contributed by atoms with Crippen LogP contribution in [0.25, 0.3) is 0 Å². The van der Waals surface area contributed by atoms with E-state index < -0.39 is 5.97 Å². The largest absolute Gasteiger partial charge is 0.478 e. The van der Waals surface area contributed by atoms with Gasteiger partial charge in [-0.1, -0.05) is 18.6 Å². The van der Waals surface area contributed by atoms with Gasteiger partial charge in [0.15, 0.2) is 0 Å². The number of fused-ring (bicyclic) bond motifs is 2. The van der Waals surface area contributed by atoms with Crippen molar-refractivity contribution in [2.45, 2.75) is 32.2 Å². The molecule has 2 saturated carbocycles. The highest BCUT2D eigenvalue weighted by molar-refractivity contribution is 5.87. The molecule has 0 saturated heterocycles. The van der Waals surface area contributed by atoms with Gasteiger partial charge in [-0.15, -0.1) is 0 Å². The summed E-state index contributed by atoms with van der Waals surface area (Å²) in [5.41, 5.74) is 1.43. The van der Waals surface area contributed by atoms with Gasteiger partial charge in [-0.2, -0.15) is 0 Å². The van der Waals surface area contributed by atoms with E-state index in [1.807, 2.05) is 12.1 Å². The molecule has 0 spiro atoms. The third-order valence-corrected chi connectivity index (χ3v) is 4.79. The van der Waals surface area contributed by atoms with Crippen LogP contribution in [-0.2, 0) is 6.54 Å². The monoisotopic (exact) mass is 259 g/mol. The van der Waals surface area contributed by atoms with Crippen LogP contribution in [0.3, 0.4) is 0 Å². The standard InChI is InChI=1S/C16H21NO2/c18-16(19)14-3-1-2-12(8-14)9-17-10-15-7-11-4-5-13(15)6-11/h1-3,8,11,13,15,17H,4-7,9-10H2,(H,18,19). The summed E-state index contributed by atoms with van der Waals surface area (Å²) in [5, 5.41) is 12.5. The second kappa shape index (κ2) is 5.33. The van der Waals surface area contributed by atoms with Gasteiger partial charge in [0.05, 0.1) is 5.56 Å². The van der Waals surface area contributed by atoms with Crippen molar-refractivity contribution in [1.29, 1.82) is 0 Å². The Bertz CT molecular complexity index is 472. The molecule has 0 radical (unpaired) electrons. The minimum atomic E-state index is -0.852. The molecule has 2 N–H and O–H groups in total. The smallest absolute Gasteiger partial charge is 0.335 e. The summed E-state index contributed by atoms with van der Waals surface area (Å²) < 4.78 is 0. The molecule has 0 aliphatic heterocycles. The molecule has 3 heteroatoms. The first-order valence-corrected chi connectivity index (χ1v) is 7.25. The molecule has 2 aliphatic rings. The van der Waals surface area contributed by atoms with Crippen LogP contribution < -0.4 is 5.32 Å². The third-order valence-electron chi connectivity index (χ3n) is 4.79. The van der Waals surface area contributed by atoms with Crippen molar-refractivity contribution in [2.24, 2.45) is 17.8 Å². The van der Waals surface area contributed by atoms with E-state index in [1.165, 1.54) is 25.7 Å². The molecule has 0 heterocycles. The first-order chi connectivity index (χ1) is 9.22. The highest BCUT2D eigenvalue weighted by Gasteiger charge is 2.38. The molecule has 2 bridgehead atoms. The maximum atomic E-state index is 10.9. The Morgan fingerprint density at radius 1 is 1.32 bits per heavy atom. The number of rotatable bonds is 5. The Hall–Kier alpha value is -1.35. The van der Waals surface area contributed by atoms with Crippen LogP contribution in [0.1, 0.15) is 41.6 Å². The first-order valence-electron chi connectivity index (χ1n) is 7.25. The summed E-state index contributed by atoms with van der Waals surface area (Å²) in [7, 11) is 0. The van der Waals surface area contributed by atoms with Crippen molar-refractivity contribution in [3.05, 3.63) is 35.4 Å². The summed E-state index contributed by atoms with van der Waals surface area (Å²) in [6.07, 6.45) is 5.71. The molecule has 3 nitrogen and oxygen atoms in total. The van der Waals surface area contributed by atoms with Gasteiger partial charge < -0.3 is 10.4 Å². The van der Waals surface area contributed by atoms with E-state index in [-0.39, 0.29) is 0 Å². The number of carboxylic acid groups (broad SMARTS) is 1. The quantitative estimate of drug-likeness (QED) is 0.854. The average Bonchev–Trinajstić information content (AvgIpc) is 3.01. The van der Waals surface area contributed by atoms with Crippen molar-refractivity contribution in [3.63, 3.8) is 0 Å². The summed E-state index contributed by atoms with van der Waals surface area (Å²) in [5.74, 6) is 1.94. The molecular weight excluding hydrogens is 238 g/mol. The number of hydrogen-bond acceptors (Lipinski definition) is 2. The van der Waals surface area contributed by atoms with Crippen molar-refractivity contribution in [3.8, 4) is 0 Å². The van der Waals surface area contributed by atoms with Crippen LogP contribution in [0.4, 0.5) is 0 Å². The molecule has 3 unspecified atom stereocenters. The van der Waals surface area contributed by atoms with Gasteiger partial charge in [0.2, 0.25) is 0 Å². The van der Waals surface area contributed by atoms with Gasteiger partial charge >= 0.3 is 5.97 Å². The van der Waals surface area contributed by atoms with E-state index >= 15 is 0 Å². The third kappa shape index (κ3) is 2.81. The number of benzene rings is 1. The van der Waals surface area contributed by atoms with Gasteiger partial charge in [-0.25, -0.2) is 4.79 Å². The van der Waals surface area contributed by atoms with Crippen LogP contribution in [0.2, 0.25) is 0 Å². The molecule has 19 heavy (non-hydrogen) atoms. The zero-order valence-corrected chi connectivity index (χ0v) is 11.1. The lowest BCUT2D eigenvalue weighted by Gasteiger charge is -2.21. The minimum Gasteiger partial charge on any atom is -0.478 e. The van der Waals surface area contributed by atoms with Crippen LogP contribution in [0, 0.1) is 17.8 Å². The fraction of sp³-hybridized carbons (Fsp3) is 0.562. The van der Waals surface area contributed by atoms with Crippen LogP contribution >= 0.6 is 0 Å². The van der Waals surface area contributed by atoms with Gasteiger partial charge in [-0.05, 0) is 61.3 Å². The van der Waals surface area contributed by atoms with E-state index in [2.05, 4.69) is 5.32 Å². The van der Waals surface area contributed by atoms with Crippen molar-refractivity contribution in [1.82, 2.24) is 5.32 Å². The molecule has 102 valence electrons. The summed E-state index contributed by atoms with van der Waals surface area (Å²) in [6, 6.07) is 7.20. The average molecular weight is 259 g/mol. The molecule has 0 amide bonds. The minimum absolute atomic E-state index is 0.374. The van der Waals surface area contributed by atoms with Crippen molar-refractivity contribution >= 4 is 5.97 Å². The predicted molar refractivity (Wildman–Crippen MR) is 74.0 cm³/mol. The van der Waals surface area contributed by atoms with Crippen molar-refractivity contribution in [2.75, 3.05) is 6.54 Å². The van der Waals surface area contributed by atoms with E-state index in [9.17, 15) is 4.79 Å². The topological polar surface area (TPSA) is 49.3 Å². The number of carboxylic acids is 1. The fourth-order valence-corrected chi connectivity index (χ4v) is 3.84. The van der Waals surface area contributed by atoms with Crippen molar-refractivity contribution < 1.29 is 9.90 Å². The Morgan fingerprint density at radius 3 is 2.89 bits per heavy atom. The second-order valence-electron chi connectivity index (χ2n) is 6.07. The molecule has 3 rings (SSSR count). The highest BCUT2D eigenvalue weighted by atomic mass is 16.4. The number of nitrogens with one attached hydrogen (secondary N) is 1. The van der Waals surface area contributed by atoms with Gasteiger partial charge in [0.25, 0.3) is 0 Å². The van der Waals surface area contributed by atoms with E-state index in [1.54, 1.807) is 12.1 Å². The van der Waals surface area contributed by atoms with Crippen LogP contribution in [0.15, 0.2) is 24.3 Å². The van der Waals surface area contributed by atoms with Gasteiger partial charge in [-0.3, -0.25) is 0 Å². The lowest BCUT2D eigenvalue weighted by Crippen LogP contribution is -2.26. The van der Waals surface area contributed by atoms with Gasteiger partial charge in [0.1, 0.15) is 0 Å². The highest BCUT2D eigenvalue weighted by Crippen LogP contribution is 2.47. The molecule has 1 aromatic carbocycles. The molecule has 1 aromatic rings. The molecule has 2 fully saturated rings. The first kappa shape index (κ1) is 12.7. The summed E-state index contributed by atoms with van der Waals surface area (Å²) in [6.45, 7) is 1.85. The number of aromatic carboxylic acids is 1. The summed E-state index contributed by atoms with van der Waals surface area (Å²) >= 11 is 0. The normalized spacial score (nSPS) is 28.7. The number of hydrogen-bond donors (Lipinski definition) is 2. The zero-order chi connectivity index (χ0) is 13.2. The van der Waals surface area contributed by atoms with Gasteiger partial charge in [0, 0.05) is 6.54 Å². The maximum Gasteiger partial charge on any atom is 0.335 e. The Balaban J connectivity index is 1.50. The van der Waals surface area contributed by atoms with Crippen LogP contribution in [0.5, 0.6) is 0 Å². The van der Waals surface area contributed by atoms with E-state index in [4.69, 9.17) is 5.11 Å². The fourth-order valence-electron chi connectivity index (χ4n) is 3.84. The van der Waals surface area contributed by atoms with E-state index in [0.717, 1.165) is 36.4 Å². The second-order valence-corrected chi connectivity index (χ2v) is 6.07. The lowest BCUT2D eigenvalue weighted by molar-refractivity contribution is 0.0696. The Morgan fingerprint density at radius 2 is 2.21 bits per heavy atom. The number of carbonyl (C=O) groups is 1. The lowest BCUT2D eigenvalue weighted by atomic mass is 9.89. The molecular formula is C16H21NO2. The zero-order valence-electron chi connectivity index (χ0n) is 11.1. The Kier molecular flexibility index (Phi) is 3.56. The predicted octanol–water partition coefficient (Wildman–Crippen LogP) is 2.91. The molecule has 3 atom stereocenters. The van der Waals surface area contributed by atoms with E-state index in [0.29, 0.717) is 5.56 Å². The maximum absolute atomic E-state index is 10.9.